The van der Waals surface area contributed by atoms with Gasteiger partial charge in [-0.3, -0.25) is 0 Å². The van der Waals surface area contributed by atoms with Crippen molar-refractivity contribution in [3.05, 3.63) is 188 Å². The van der Waals surface area contributed by atoms with Crippen LogP contribution in [0.1, 0.15) is 0 Å². The first-order valence-electron chi connectivity index (χ1n) is 16.4. The predicted molar refractivity (Wildman–Crippen MR) is 208 cm³/mol. The lowest BCUT2D eigenvalue weighted by Gasteiger charge is -2.30. The molecule has 0 aliphatic heterocycles. The highest BCUT2D eigenvalue weighted by atomic mass is 32.1. The number of hydrogen-bond acceptors (Lipinski definition) is 2. The van der Waals surface area contributed by atoms with E-state index in [1.165, 1.54) is 64.3 Å². The highest BCUT2D eigenvalue weighted by molar-refractivity contribution is 7.25. The Morgan fingerprint density at radius 3 is 1.75 bits per heavy atom. The molecule has 0 spiro atoms. The van der Waals surface area contributed by atoms with E-state index in [9.17, 15) is 0 Å². The topological polar surface area (TPSA) is 3.24 Å². The van der Waals surface area contributed by atoms with E-state index < -0.39 is 0 Å². The summed E-state index contributed by atoms with van der Waals surface area (Å²) in [6.07, 6.45) is 0. The van der Waals surface area contributed by atoms with Gasteiger partial charge in [-0.25, -0.2) is 0 Å². The van der Waals surface area contributed by atoms with Gasteiger partial charge in [0, 0.05) is 37.0 Å². The number of para-hydroxylation sites is 1. The van der Waals surface area contributed by atoms with Gasteiger partial charge >= 0.3 is 0 Å². The number of fused-ring (bicyclic) bond motifs is 4. The zero-order valence-corrected chi connectivity index (χ0v) is 27.1. The summed E-state index contributed by atoms with van der Waals surface area (Å²) in [5.74, 6) is 0. The van der Waals surface area contributed by atoms with Crippen molar-refractivity contribution in [1.82, 2.24) is 0 Å². The molecular formula is C46H31NS. The minimum atomic E-state index is 1.13. The van der Waals surface area contributed by atoms with Crippen LogP contribution in [-0.4, -0.2) is 0 Å². The summed E-state index contributed by atoms with van der Waals surface area (Å²) in [6, 6.07) is 68.3. The first-order valence-corrected chi connectivity index (χ1v) is 17.2. The van der Waals surface area contributed by atoms with Gasteiger partial charge in [0.15, 0.2) is 0 Å². The second-order valence-electron chi connectivity index (χ2n) is 12.1. The van der Waals surface area contributed by atoms with Gasteiger partial charge in [-0.15, -0.1) is 11.3 Å². The predicted octanol–water partition coefficient (Wildman–Crippen LogP) is 13.7. The molecule has 226 valence electrons. The molecule has 1 nitrogen and oxygen atoms in total. The summed E-state index contributed by atoms with van der Waals surface area (Å²) in [4.78, 5) is 2.48. The molecular weight excluding hydrogens is 599 g/mol. The third-order valence-corrected chi connectivity index (χ3v) is 10.4. The van der Waals surface area contributed by atoms with Crippen LogP contribution in [0.3, 0.4) is 0 Å². The molecule has 0 bridgehead atoms. The number of anilines is 3. The normalized spacial score (nSPS) is 11.3. The Kier molecular flexibility index (Phi) is 7.07. The number of benzene rings is 8. The molecule has 2 heteroatoms. The molecule has 8 aromatic carbocycles. The van der Waals surface area contributed by atoms with Crippen LogP contribution in [0.25, 0.3) is 64.3 Å². The van der Waals surface area contributed by atoms with Crippen LogP contribution in [-0.2, 0) is 0 Å². The van der Waals surface area contributed by atoms with Crippen molar-refractivity contribution in [2.24, 2.45) is 0 Å². The summed E-state index contributed by atoms with van der Waals surface area (Å²) in [7, 11) is 0. The van der Waals surface area contributed by atoms with E-state index in [0.717, 1.165) is 17.1 Å². The molecule has 0 saturated carbocycles. The average molecular weight is 630 g/mol. The molecule has 0 fully saturated rings. The van der Waals surface area contributed by atoms with E-state index in [2.05, 4.69) is 193 Å². The fourth-order valence-corrected chi connectivity index (χ4v) is 8.15. The largest absolute Gasteiger partial charge is 0.309 e. The van der Waals surface area contributed by atoms with Crippen LogP contribution in [0.4, 0.5) is 17.1 Å². The lowest BCUT2D eigenvalue weighted by Crippen LogP contribution is -2.12. The molecule has 9 rings (SSSR count). The van der Waals surface area contributed by atoms with Crippen molar-refractivity contribution >= 4 is 59.3 Å². The molecule has 9 aromatic rings. The van der Waals surface area contributed by atoms with Crippen molar-refractivity contribution in [3.8, 4) is 33.4 Å². The minimum Gasteiger partial charge on any atom is -0.309 e. The molecule has 48 heavy (non-hydrogen) atoms. The van der Waals surface area contributed by atoms with Gasteiger partial charge in [0.2, 0.25) is 0 Å². The average Bonchev–Trinajstić information content (AvgIpc) is 3.54. The van der Waals surface area contributed by atoms with Gasteiger partial charge in [-0.2, -0.15) is 0 Å². The molecule has 0 radical (unpaired) electrons. The molecule has 1 aromatic heterocycles. The van der Waals surface area contributed by atoms with Crippen molar-refractivity contribution in [2.75, 3.05) is 4.90 Å². The van der Waals surface area contributed by atoms with Gasteiger partial charge in [-0.05, 0) is 63.4 Å². The molecule has 0 atom stereocenters. The van der Waals surface area contributed by atoms with Crippen molar-refractivity contribution < 1.29 is 0 Å². The molecule has 0 unspecified atom stereocenters. The highest BCUT2D eigenvalue weighted by Gasteiger charge is 2.22. The van der Waals surface area contributed by atoms with Crippen LogP contribution >= 0.6 is 11.3 Å². The standard InChI is InChI=1S/C46H31NS/c1-3-14-33(15-4-1)39-21-9-11-24-43(39)47(36-27-29-42-41-22-10-12-25-45(41)48-46(42)31-36)44-30-35(26-28-40(44)34-16-5-2-6-17-34)38-23-13-19-32-18-7-8-20-37(32)38/h1-31H. The maximum atomic E-state index is 2.48. The zero-order valence-electron chi connectivity index (χ0n) is 26.3. The Bertz CT molecular complexity index is 2560. The monoisotopic (exact) mass is 629 g/mol. The second kappa shape index (κ2) is 12.0. The van der Waals surface area contributed by atoms with E-state index in [-0.39, 0.29) is 0 Å². The van der Waals surface area contributed by atoms with E-state index in [1.807, 2.05) is 11.3 Å². The Morgan fingerprint density at radius 1 is 0.333 bits per heavy atom. The van der Waals surface area contributed by atoms with Gasteiger partial charge in [0.1, 0.15) is 0 Å². The number of hydrogen-bond donors (Lipinski definition) is 0. The van der Waals surface area contributed by atoms with Gasteiger partial charge < -0.3 is 4.90 Å². The Balaban J connectivity index is 1.35. The van der Waals surface area contributed by atoms with E-state index >= 15 is 0 Å². The van der Waals surface area contributed by atoms with Crippen LogP contribution in [0, 0.1) is 0 Å². The summed E-state index contributed by atoms with van der Waals surface area (Å²) >= 11 is 1.86. The maximum Gasteiger partial charge on any atom is 0.0546 e. The third kappa shape index (κ3) is 4.95. The Morgan fingerprint density at radius 2 is 0.938 bits per heavy atom. The zero-order chi connectivity index (χ0) is 31.9. The van der Waals surface area contributed by atoms with Crippen LogP contribution in [0.5, 0.6) is 0 Å². The fourth-order valence-electron chi connectivity index (χ4n) is 7.02. The number of nitrogens with zero attached hydrogens (tertiary/aromatic N) is 1. The molecule has 0 N–H and O–H groups in total. The molecule has 0 aliphatic rings. The maximum absolute atomic E-state index is 2.48. The van der Waals surface area contributed by atoms with Gasteiger partial charge in [-0.1, -0.05) is 158 Å². The lowest BCUT2D eigenvalue weighted by atomic mass is 9.93. The van der Waals surface area contributed by atoms with Crippen LogP contribution < -0.4 is 4.90 Å². The van der Waals surface area contributed by atoms with Crippen molar-refractivity contribution in [1.29, 1.82) is 0 Å². The van der Waals surface area contributed by atoms with E-state index in [4.69, 9.17) is 0 Å². The molecule has 0 amide bonds. The molecule has 1 heterocycles. The number of rotatable bonds is 6. The smallest absolute Gasteiger partial charge is 0.0546 e. The summed E-state index contributed by atoms with van der Waals surface area (Å²) in [5, 5.41) is 5.10. The van der Waals surface area contributed by atoms with Crippen LogP contribution in [0.15, 0.2) is 188 Å². The summed E-state index contributed by atoms with van der Waals surface area (Å²) < 4.78 is 2.59. The quantitative estimate of drug-likeness (QED) is 0.177. The first kappa shape index (κ1) is 28.3. The van der Waals surface area contributed by atoms with E-state index in [1.54, 1.807) is 0 Å². The third-order valence-electron chi connectivity index (χ3n) is 9.27. The summed E-state index contributed by atoms with van der Waals surface area (Å²) in [5.41, 5.74) is 10.5. The second-order valence-corrected chi connectivity index (χ2v) is 13.2. The van der Waals surface area contributed by atoms with Gasteiger partial charge in [0.25, 0.3) is 0 Å². The Hall–Kier alpha value is -5.96. The Labute approximate surface area is 284 Å². The minimum absolute atomic E-state index is 1.13. The SMILES string of the molecule is c1ccc(-c2ccccc2N(c2ccc3c(c2)sc2ccccc23)c2cc(-c3cccc4ccccc34)ccc2-c2ccccc2)cc1. The molecule has 0 saturated heterocycles. The van der Waals surface area contributed by atoms with Crippen molar-refractivity contribution in [3.63, 3.8) is 0 Å². The first-order chi connectivity index (χ1) is 23.8. The fraction of sp³-hybridized carbons (Fsp3) is 0. The van der Waals surface area contributed by atoms with E-state index in [0.29, 0.717) is 0 Å². The van der Waals surface area contributed by atoms with Gasteiger partial charge in [0.05, 0.1) is 11.4 Å². The molecule has 0 aliphatic carbocycles. The summed E-state index contributed by atoms with van der Waals surface area (Å²) in [6.45, 7) is 0. The number of thiophene rings is 1. The lowest BCUT2D eigenvalue weighted by molar-refractivity contribution is 1.29. The highest BCUT2D eigenvalue weighted by Crippen LogP contribution is 2.48. The van der Waals surface area contributed by atoms with Crippen molar-refractivity contribution in [2.45, 2.75) is 0 Å². The van der Waals surface area contributed by atoms with Crippen LogP contribution in [0.2, 0.25) is 0 Å².